The van der Waals surface area contributed by atoms with Gasteiger partial charge in [-0.3, -0.25) is 9.69 Å². The number of amides is 1. The van der Waals surface area contributed by atoms with Gasteiger partial charge in [0.2, 0.25) is 0 Å². The van der Waals surface area contributed by atoms with Gasteiger partial charge in [-0.15, -0.1) is 11.8 Å². The van der Waals surface area contributed by atoms with E-state index in [4.69, 9.17) is 4.74 Å². The van der Waals surface area contributed by atoms with E-state index in [2.05, 4.69) is 4.98 Å². The zero-order valence-electron chi connectivity index (χ0n) is 15.7. The van der Waals surface area contributed by atoms with Gasteiger partial charge in [-0.25, -0.2) is 4.79 Å². The molecule has 1 aliphatic heterocycles. The molecule has 1 N–H and O–H groups in total. The van der Waals surface area contributed by atoms with Crippen molar-refractivity contribution in [2.75, 3.05) is 12.8 Å². The second kappa shape index (κ2) is 8.10. The van der Waals surface area contributed by atoms with Crippen LogP contribution in [0.2, 0.25) is 0 Å². The largest absolute Gasteiger partial charge is 0.445 e. The highest BCUT2D eigenvalue weighted by atomic mass is 32.2. The molecule has 6 heteroatoms. The summed E-state index contributed by atoms with van der Waals surface area (Å²) in [6, 6.07) is 15.1. The minimum absolute atomic E-state index is 0.0290. The van der Waals surface area contributed by atoms with Gasteiger partial charge in [-0.2, -0.15) is 0 Å². The summed E-state index contributed by atoms with van der Waals surface area (Å²) < 4.78 is 5.46. The molecule has 3 aromatic rings. The third-order valence-corrected chi connectivity index (χ3v) is 5.87. The Morgan fingerprint density at radius 3 is 2.82 bits per heavy atom. The zero-order chi connectivity index (χ0) is 19.5. The number of aromatic nitrogens is 1. The Kier molecular flexibility index (Phi) is 5.39. The van der Waals surface area contributed by atoms with Crippen molar-refractivity contribution in [3.05, 3.63) is 65.9 Å². The summed E-state index contributed by atoms with van der Waals surface area (Å²) in [4.78, 5) is 31.7. The fraction of sp³-hybridized carbons (Fsp3) is 0.273. The molecule has 1 aliphatic rings. The van der Waals surface area contributed by atoms with E-state index in [0.717, 1.165) is 27.8 Å². The number of thioether (sulfide) groups is 1. The smallest absolute Gasteiger partial charge is 0.410 e. The van der Waals surface area contributed by atoms with Crippen molar-refractivity contribution >= 4 is 34.5 Å². The van der Waals surface area contributed by atoms with Crippen LogP contribution < -0.4 is 0 Å². The Balaban J connectivity index is 1.51. The summed E-state index contributed by atoms with van der Waals surface area (Å²) in [5.41, 5.74) is 2.50. The van der Waals surface area contributed by atoms with Crippen molar-refractivity contribution in [1.29, 1.82) is 0 Å². The summed E-state index contributed by atoms with van der Waals surface area (Å²) in [6.45, 7) is 0.754. The Bertz CT molecular complexity index is 999. The third-order valence-electron chi connectivity index (χ3n) is 5.15. The van der Waals surface area contributed by atoms with Crippen LogP contribution in [0.15, 0.2) is 59.6 Å². The van der Waals surface area contributed by atoms with Gasteiger partial charge in [-0.05, 0) is 42.9 Å². The lowest BCUT2D eigenvalue weighted by Crippen LogP contribution is -2.40. The molecule has 144 valence electrons. The number of hydrogen-bond acceptors (Lipinski definition) is 4. The first-order chi connectivity index (χ1) is 13.7. The molecule has 4 rings (SSSR count). The molecule has 0 radical (unpaired) electrons. The molecule has 1 fully saturated rings. The van der Waals surface area contributed by atoms with E-state index in [1.165, 1.54) is 0 Å². The van der Waals surface area contributed by atoms with Crippen molar-refractivity contribution in [2.24, 2.45) is 0 Å². The van der Waals surface area contributed by atoms with Crippen molar-refractivity contribution in [3.63, 3.8) is 0 Å². The van der Waals surface area contributed by atoms with Crippen molar-refractivity contribution in [1.82, 2.24) is 9.88 Å². The normalized spacial score (nSPS) is 16.5. The SMILES string of the molecule is CSc1ccc2[nH]cc(C(=O)[C@H]3CCCN3C(=O)OCc3ccccc3)c2c1. The number of aromatic amines is 1. The minimum Gasteiger partial charge on any atom is -0.445 e. The molecule has 1 amide bonds. The number of likely N-dealkylation sites (tertiary alicyclic amines) is 1. The van der Waals surface area contributed by atoms with Gasteiger partial charge in [0.25, 0.3) is 0 Å². The molecule has 0 spiro atoms. The summed E-state index contributed by atoms with van der Waals surface area (Å²) in [5.74, 6) is -0.0290. The monoisotopic (exact) mass is 394 g/mol. The number of ether oxygens (including phenoxy) is 1. The maximum atomic E-state index is 13.2. The number of hydrogen-bond donors (Lipinski definition) is 1. The number of carbonyl (C=O) groups excluding carboxylic acids is 2. The van der Waals surface area contributed by atoms with Gasteiger partial charge in [0.15, 0.2) is 5.78 Å². The fourth-order valence-corrected chi connectivity index (χ4v) is 4.11. The van der Waals surface area contributed by atoms with Gasteiger partial charge in [0, 0.05) is 34.1 Å². The minimum atomic E-state index is -0.472. The Labute approximate surface area is 168 Å². The van der Waals surface area contributed by atoms with Crippen LogP contribution in [-0.4, -0.2) is 40.6 Å². The fourth-order valence-electron chi connectivity index (χ4n) is 3.67. The number of Topliss-reactive ketones (excluding diaryl/α,β-unsaturated/α-hetero) is 1. The van der Waals surface area contributed by atoms with Crippen LogP contribution >= 0.6 is 11.8 Å². The lowest BCUT2D eigenvalue weighted by molar-refractivity contribution is 0.0739. The van der Waals surface area contributed by atoms with Crippen LogP contribution in [-0.2, 0) is 11.3 Å². The van der Waals surface area contributed by atoms with Crippen LogP contribution in [0.1, 0.15) is 28.8 Å². The van der Waals surface area contributed by atoms with E-state index in [1.807, 2.05) is 54.8 Å². The van der Waals surface area contributed by atoms with E-state index in [0.29, 0.717) is 18.5 Å². The van der Waals surface area contributed by atoms with Gasteiger partial charge in [-0.1, -0.05) is 30.3 Å². The number of carbonyl (C=O) groups is 2. The Hall–Kier alpha value is -2.73. The van der Waals surface area contributed by atoms with Gasteiger partial charge < -0.3 is 9.72 Å². The zero-order valence-corrected chi connectivity index (χ0v) is 16.5. The number of benzene rings is 2. The molecule has 1 saturated heterocycles. The van der Waals surface area contributed by atoms with Gasteiger partial charge >= 0.3 is 6.09 Å². The molecule has 0 aliphatic carbocycles. The van der Waals surface area contributed by atoms with E-state index in [1.54, 1.807) is 22.9 Å². The molecule has 1 aromatic heterocycles. The molecular weight excluding hydrogens is 372 g/mol. The van der Waals surface area contributed by atoms with Crippen LogP contribution in [0.4, 0.5) is 4.79 Å². The predicted molar refractivity (Wildman–Crippen MR) is 111 cm³/mol. The van der Waals surface area contributed by atoms with Crippen molar-refractivity contribution in [3.8, 4) is 0 Å². The molecule has 0 unspecified atom stereocenters. The maximum absolute atomic E-state index is 13.2. The molecule has 28 heavy (non-hydrogen) atoms. The first-order valence-electron chi connectivity index (χ1n) is 9.34. The maximum Gasteiger partial charge on any atom is 0.410 e. The third kappa shape index (κ3) is 3.64. The quantitative estimate of drug-likeness (QED) is 0.495. The summed E-state index contributed by atoms with van der Waals surface area (Å²) in [5, 5.41) is 0.904. The molecule has 1 atom stereocenters. The number of nitrogens with zero attached hydrogens (tertiary/aromatic N) is 1. The average molecular weight is 394 g/mol. The molecule has 0 bridgehead atoms. The molecule has 2 heterocycles. The molecule has 2 aromatic carbocycles. The highest BCUT2D eigenvalue weighted by Gasteiger charge is 2.36. The van der Waals surface area contributed by atoms with Gasteiger partial charge in [0.1, 0.15) is 6.61 Å². The molecular formula is C22H22N2O3S. The van der Waals surface area contributed by atoms with E-state index < -0.39 is 12.1 Å². The lowest BCUT2D eigenvalue weighted by atomic mass is 10.0. The van der Waals surface area contributed by atoms with E-state index >= 15 is 0 Å². The summed E-state index contributed by atoms with van der Waals surface area (Å²) >= 11 is 1.64. The van der Waals surface area contributed by atoms with E-state index in [9.17, 15) is 9.59 Å². The number of ketones is 1. The standard InChI is InChI=1S/C22H22N2O3S/c1-28-16-9-10-19-17(12-16)18(13-23-19)21(25)20-8-5-11-24(20)22(26)27-14-15-6-3-2-4-7-15/h2-4,6-7,9-10,12-13,20,23H,5,8,11,14H2,1H3/t20-/m1/s1. The van der Waals surface area contributed by atoms with Crippen LogP contribution in [0.5, 0.6) is 0 Å². The van der Waals surface area contributed by atoms with Crippen LogP contribution in [0.3, 0.4) is 0 Å². The van der Waals surface area contributed by atoms with Crippen molar-refractivity contribution < 1.29 is 14.3 Å². The summed E-state index contributed by atoms with van der Waals surface area (Å²) in [6.07, 6.45) is 4.80. The lowest BCUT2D eigenvalue weighted by Gasteiger charge is -2.23. The highest BCUT2D eigenvalue weighted by Crippen LogP contribution is 2.29. The second-order valence-electron chi connectivity index (χ2n) is 6.87. The molecule has 0 saturated carbocycles. The first kappa shape index (κ1) is 18.6. The second-order valence-corrected chi connectivity index (χ2v) is 7.75. The number of nitrogens with one attached hydrogen (secondary N) is 1. The highest BCUT2D eigenvalue weighted by molar-refractivity contribution is 7.98. The van der Waals surface area contributed by atoms with Gasteiger partial charge in [0.05, 0.1) is 6.04 Å². The summed E-state index contributed by atoms with van der Waals surface area (Å²) in [7, 11) is 0. The Morgan fingerprint density at radius 1 is 1.21 bits per heavy atom. The van der Waals surface area contributed by atoms with Crippen LogP contribution in [0.25, 0.3) is 10.9 Å². The number of fused-ring (bicyclic) bond motifs is 1. The first-order valence-corrected chi connectivity index (χ1v) is 10.6. The number of H-pyrrole nitrogens is 1. The van der Waals surface area contributed by atoms with E-state index in [-0.39, 0.29) is 12.4 Å². The predicted octanol–water partition coefficient (Wildman–Crippen LogP) is 4.87. The Morgan fingerprint density at radius 2 is 2.04 bits per heavy atom. The van der Waals surface area contributed by atoms with Crippen molar-refractivity contribution in [2.45, 2.75) is 30.4 Å². The molecule has 5 nitrogen and oxygen atoms in total. The topological polar surface area (TPSA) is 62.4 Å². The number of rotatable bonds is 5. The average Bonchev–Trinajstić information content (AvgIpc) is 3.39. The van der Waals surface area contributed by atoms with Crippen LogP contribution in [0, 0.1) is 0 Å².